The number of imidazole rings is 1. The Morgan fingerprint density at radius 3 is 2.54 bits per heavy atom. The first-order chi connectivity index (χ1) is 12.4. The minimum Gasteiger partial charge on any atom is -0.345 e. The van der Waals surface area contributed by atoms with Gasteiger partial charge in [0.1, 0.15) is 5.82 Å². The first-order valence-electron chi connectivity index (χ1n) is 8.10. The van der Waals surface area contributed by atoms with Crippen molar-refractivity contribution in [2.24, 2.45) is 0 Å². The average molecular weight is 370 g/mol. The van der Waals surface area contributed by atoms with E-state index in [2.05, 4.69) is 15.3 Å². The lowest BCUT2D eigenvalue weighted by atomic mass is 10.3. The maximum atomic E-state index is 12.4. The molecule has 8 heteroatoms. The fraction of sp³-hybridized carbons (Fsp3) is 0.222. The van der Waals surface area contributed by atoms with Crippen molar-refractivity contribution >= 4 is 34.4 Å². The highest BCUT2D eigenvalue weighted by atomic mass is 32.2. The number of hydrogen-bond acceptors (Lipinski definition) is 5. The molecule has 0 aliphatic heterocycles. The summed E-state index contributed by atoms with van der Waals surface area (Å²) < 4.78 is 0. The van der Waals surface area contributed by atoms with Gasteiger partial charge in [0.05, 0.1) is 27.2 Å². The summed E-state index contributed by atoms with van der Waals surface area (Å²) in [7, 11) is 0. The van der Waals surface area contributed by atoms with E-state index < -0.39 is 4.92 Å². The minimum absolute atomic E-state index is 0.0324. The Morgan fingerprint density at radius 2 is 1.88 bits per heavy atom. The summed E-state index contributed by atoms with van der Waals surface area (Å²) in [6, 6.07) is 13.6. The van der Waals surface area contributed by atoms with Gasteiger partial charge in [-0.05, 0) is 38.1 Å². The van der Waals surface area contributed by atoms with Crippen LogP contribution in [-0.2, 0) is 4.79 Å². The molecule has 7 nitrogen and oxygen atoms in total. The van der Waals surface area contributed by atoms with Gasteiger partial charge in [0.25, 0.3) is 5.69 Å². The molecule has 0 aliphatic carbocycles. The van der Waals surface area contributed by atoms with Crippen LogP contribution in [0.5, 0.6) is 0 Å². The summed E-state index contributed by atoms with van der Waals surface area (Å²) in [5.74, 6) is 0.577. The first kappa shape index (κ1) is 17.9. The number of hydrogen-bond donors (Lipinski definition) is 2. The molecule has 0 aliphatic rings. The Bertz CT molecular complexity index is 906. The molecule has 0 spiro atoms. The van der Waals surface area contributed by atoms with Gasteiger partial charge in [0, 0.05) is 17.0 Å². The predicted octanol–water partition coefficient (Wildman–Crippen LogP) is 3.83. The Morgan fingerprint density at radius 1 is 1.19 bits per heavy atom. The van der Waals surface area contributed by atoms with Crippen molar-refractivity contribution in [3.05, 3.63) is 64.5 Å². The molecular formula is C18H18N4O3S. The lowest BCUT2D eigenvalue weighted by Gasteiger charge is -2.16. The van der Waals surface area contributed by atoms with Crippen LogP contribution in [0.4, 0.5) is 5.69 Å². The van der Waals surface area contributed by atoms with Gasteiger partial charge >= 0.3 is 0 Å². The number of nitro benzene ring substituents is 1. The van der Waals surface area contributed by atoms with E-state index in [-0.39, 0.29) is 22.9 Å². The molecule has 26 heavy (non-hydrogen) atoms. The molecule has 2 aromatic carbocycles. The highest BCUT2D eigenvalue weighted by molar-refractivity contribution is 8.00. The molecule has 1 amide bonds. The van der Waals surface area contributed by atoms with Gasteiger partial charge in [-0.3, -0.25) is 14.9 Å². The second-order valence-corrected chi connectivity index (χ2v) is 7.29. The number of aromatic amines is 1. The van der Waals surface area contributed by atoms with Gasteiger partial charge in [0.2, 0.25) is 5.91 Å². The van der Waals surface area contributed by atoms with E-state index in [0.717, 1.165) is 15.9 Å². The Labute approximate surface area is 154 Å². The van der Waals surface area contributed by atoms with E-state index in [1.807, 2.05) is 31.2 Å². The number of H-pyrrole nitrogens is 1. The molecule has 2 unspecified atom stereocenters. The van der Waals surface area contributed by atoms with Crippen molar-refractivity contribution in [2.75, 3.05) is 0 Å². The van der Waals surface area contributed by atoms with Crippen LogP contribution in [0.2, 0.25) is 0 Å². The van der Waals surface area contributed by atoms with Crippen LogP contribution in [0.3, 0.4) is 0 Å². The molecule has 0 radical (unpaired) electrons. The molecule has 0 bridgehead atoms. The number of non-ortho nitro benzene ring substituents is 1. The fourth-order valence-electron chi connectivity index (χ4n) is 2.48. The number of aromatic nitrogens is 2. The van der Waals surface area contributed by atoms with Gasteiger partial charge in [-0.15, -0.1) is 11.8 Å². The van der Waals surface area contributed by atoms with Crippen LogP contribution in [0, 0.1) is 10.1 Å². The molecule has 0 saturated heterocycles. The standard InChI is InChI=1S/C18H18N4O3S/c1-11(17-20-15-5-3-4-6-16(15)21-17)19-18(23)12(2)26-14-9-7-13(8-10-14)22(24)25/h3-12H,1-2H3,(H,19,23)(H,20,21). The zero-order valence-corrected chi connectivity index (χ0v) is 15.1. The van der Waals surface area contributed by atoms with Crippen molar-refractivity contribution in [3.8, 4) is 0 Å². The summed E-state index contributed by atoms with van der Waals surface area (Å²) >= 11 is 1.35. The van der Waals surface area contributed by atoms with Crippen LogP contribution in [-0.4, -0.2) is 26.0 Å². The van der Waals surface area contributed by atoms with E-state index in [9.17, 15) is 14.9 Å². The normalized spacial score (nSPS) is 13.3. The molecule has 1 heterocycles. The van der Waals surface area contributed by atoms with Gasteiger partial charge in [0.15, 0.2) is 0 Å². The maximum absolute atomic E-state index is 12.4. The van der Waals surface area contributed by atoms with E-state index in [1.54, 1.807) is 19.1 Å². The lowest BCUT2D eigenvalue weighted by molar-refractivity contribution is -0.384. The second kappa shape index (κ2) is 7.57. The minimum atomic E-state index is -0.445. The molecule has 2 atom stereocenters. The third kappa shape index (κ3) is 4.02. The Kier molecular flexibility index (Phi) is 5.22. The predicted molar refractivity (Wildman–Crippen MR) is 101 cm³/mol. The number of carbonyl (C=O) groups is 1. The fourth-order valence-corrected chi connectivity index (χ4v) is 3.36. The Balaban J connectivity index is 1.61. The summed E-state index contributed by atoms with van der Waals surface area (Å²) in [5.41, 5.74) is 1.82. The molecule has 2 N–H and O–H groups in total. The highest BCUT2D eigenvalue weighted by Crippen LogP contribution is 2.26. The number of nitrogens with one attached hydrogen (secondary N) is 2. The van der Waals surface area contributed by atoms with E-state index >= 15 is 0 Å². The number of benzene rings is 2. The van der Waals surface area contributed by atoms with Crippen molar-refractivity contribution in [1.82, 2.24) is 15.3 Å². The monoisotopic (exact) mass is 370 g/mol. The van der Waals surface area contributed by atoms with E-state index in [4.69, 9.17) is 0 Å². The maximum Gasteiger partial charge on any atom is 0.269 e. The van der Waals surface area contributed by atoms with E-state index in [0.29, 0.717) is 5.82 Å². The number of carbonyl (C=O) groups excluding carboxylic acids is 1. The third-order valence-corrected chi connectivity index (χ3v) is 5.02. The van der Waals surface area contributed by atoms with Crippen molar-refractivity contribution in [3.63, 3.8) is 0 Å². The number of nitro groups is 1. The number of thioether (sulfide) groups is 1. The van der Waals surface area contributed by atoms with Gasteiger partial charge in [-0.25, -0.2) is 4.98 Å². The van der Waals surface area contributed by atoms with Crippen LogP contribution >= 0.6 is 11.8 Å². The summed E-state index contributed by atoms with van der Waals surface area (Å²) in [4.78, 5) is 31.2. The van der Waals surface area contributed by atoms with Crippen LogP contribution in [0.15, 0.2) is 53.4 Å². The van der Waals surface area contributed by atoms with Crippen LogP contribution in [0.25, 0.3) is 11.0 Å². The number of rotatable bonds is 6. The van der Waals surface area contributed by atoms with Gasteiger partial charge in [-0.1, -0.05) is 12.1 Å². The number of nitrogens with zero attached hydrogens (tertiary/aromatic N) is 2. The molecule has 0 fully saturated rings. The first-order valence-corrected chi connectivity index (χ1v) is 8.98. The molecule has 3 rings (SSSR count). The quantitative estimate of drug-likeness (QED) is 0.390. The molecular weight excluding hydrogens is 352 g/mol. The summed E-state index contributed by atoms with van der Waals surface area (Å²) in [6.07, 6.45) is 0. The molecule has 3 aromatic rings. The van der Waals surface area contributed by atoms with Crippen molar-refractivity contribution in [2.45, 2.75) is 30.0 Å². The zero-order chi connectivity index (χ0) is 18.7. The number of para-hydroxylation sites is 2. The summed E-state index contributed by atoms with van der Waals surface area (Å²) in [5, 5.41) is 13.3. The number of amides is 1. The van der Waals surface area contributed by atoms with Crippen LogP contribution < -0.4 is 5.32 Å². The molecule has 134 valence electrons. The molecule has 0 saturated carbocycles. The average Bonchev–Trinajstić information content (AvgIpc) is 3.06. The number of fused-ring (bicyclic) bond motifs is 1. The van der Waals surface area contributed by atoms with Crippen LogP contribution in [0.1, 0.15) is 25.7 Å². The second-order valence-electron chi connectivity index (χ2n) is 5.88. The highest BCUT2D eigenvalue weighted by Gasteiger charge is 2.19. The molecule has 1 aromatic heterocycles. The van der Waals surface area contributed by atoms with Gasteiger partial charge in [-0.2, -0.15) is 0 Å². The van der Waals surface area contributed by atoms with E-state index in [1.165, 1.54) is 23.9 Å². The Hall–Kier alpha value is -2.87. The SMILES string of the molecule is CC(Sc1ccc([N+](=O)[O-])cc1)C(=O)NC(C)c1nc2ccccc2[nH]1. The third-order valence-electron chi connectivity index (χ3n) is 3.91. The summed E-state index contributed by atoms with van der Waals surface area (Å²) in [6.45, 7) is 3.67. The smallest absolute Gasteiger partial charge is 0.269 e. The van der Waals surface area contributed by atoms with Crippen molar-refractivity contribution in [1.29, 1.82) is 0 Å². The zero-order valence-electron chi connectivity index (χ0n) is 14.3. The topological polar surface area (TPSA) is 101 Å². The largest absolute Gasteiger partial charge is 0.345 e. The van der Waals surface area contributed by atoms with Gasteiger partial charge < -0.3 is 10.3 Å². The lowest BCUT2D eigenvalue weighted by Crippen LogP contribution is -2.33. The van der Waals surface area contributed by atoms with Crippen molar-refractivity contribution < 1.29 is 9.72 Å².